The van der Waals surface area contributed by atoms with E-state index < -0.39 is 0 Å². The second-order valence-corrected chi connectivity index (χ2v) is 10.1. The van der Waals surface area contributed by atoms with Crippen LogP contribution in [0.2, 0.25) is 9.56 Å². The minimum atomic E-state index is 0.748. The molecule has 2 fully saturated rings. The molecule has 0 N–H and O–H groups in total. The van der Waals surface area contributed by atoms with Crippen LogP contribution in [0.15, 0.2) is 0 Å². The summed E-state index contributed by atoms with van der Waals surface area (Å²) in [6, 6.07) is 0. The summed E-state index contributed by atoms with van der Waals surface area (Å²) in [6.45, 7) is 0. The summed E-state index contributed by atoms with van der Waals surface area (Å²) in [6.07, 6.45) is 27.8. The van der Waals surface area contributed by atoms with Crippen LogP contribution in [-0.2, 0) is 0 Å². The highest BCUT2D eigenvalue weighted by atomic mass is 27.1. The van der Waals surface area contributed by atoms with Crippen molar-refractivity contribution >= 4 is 15.2 Å². The first-order valence-corrected chi connectivity index (χ1v) is 11.6. The van der Waals surface area contributed by atoms with Gasteiger partial charge in [-0.05, 0) is 0 Å². The van der Waals surface area contributed by atoms with Gasteiger partial charge in [0.2, 0.25) is 15.2 Å². The predicted octanol–water partition coefficient (Wildman–Crippen LogP) is 7.32. The zero-order chi connectivity index (χ0) is 14.6. The molecular weight excluding hydrogens is 267 g/mol. The molecule has 0 spiro atoms. The van der Waals surface area contributed by atoms with Crippen LogP contribution in [0.5, 0.6) is 0 Å². The molecule has 2 aliphatic carbocycles. The van der Waals surface area contributed by atoms with Crippen molar-refractivity contribution in [2.24, 2.45) is 0 Å². The second kappa shape index (κ2) is 12.0. The zero-order valence-corrected chi connectivity index (χ0v) is 15.6. The van der Waals surface area contributed by atoms with E-state index in [0.29, 0.717) is 0 Å². The standard InChI is InChI=1S/2C10H19.Al/c2*1-2-4-6-8-10-9-7-5-3-1;/h2*1H,2-10H2;. The van der Waals surface area contributed by atoms with Crippen LogP contribution in [0.25, 0.3) is 0 Å². The molecule has 0 aromatic rings. The quantitative estimate of drug-likeness (QED) is 0.469. The molecule has 0 unspecified atom stereocenters. The predicted molar refractivity (Wildman–Crippen MR) is 96.4 cm³/mol. The van der Waals surface area contributed by atoms with Crippen LogP contribution in [-0.4, -0.2) is 15.2 Å². The van der Waals surface area contributed by atoms with E-state index in [2.05, 4.69) is 0 Å². The maximum Gasteiger partial charge on any atom is 0.210 e. The van der Waals surface area contributed by atoms with Crippen molar-refractivity contribution in [2.75, 3.05) is 0 Å². The van der Waals surface area contributed by atoms with E-state index in [-0.39, 0.29) is 0 Å². The fraction of sp³-hybridized carbons (Fsp3) is 1.00. The molecule has 2 aliphatic rings. The summed E-state index contributed by atoms with van der Waals surface area (Å²) < 4.78 is 2.33. The van der Waals surface area contributed by atoms with E-state index >= 15 is 0 Å². The van der Waals surface area contributed by atoms with Gasteiger partial charge in [0.15, 0.2) is 0 Å². The normalized spacial score (nSPS) is 26.1. The molecule has 0 aromatic carbocycles. The molecule has 1 radical (unpaired) electrons. The van der Waals surface area contributed by atoms with Crippen molar-refractivity contribution < 1.29 is 0 Å². The van der Waals surface area contributed by atoms with E-state index in [4.69, 9.17) is 0 Å². The molecule has 0 nitrogen and oxygen atoms in total. The fourth-order valence-corrected chi connectivity index (χ4v) is 6.93. The van der Waals surface area contributed by atoms with Crippen molar-refractivity contribution in [3.05, 3.63) is 0 Å². The number of rotatable bonds is 2. The lowest BCUT2D eigenvalue weighted by Gasteiger charge is -2.24. The van der Waals surface area contributed by atoms with Gasteiger partial charge < -0.3 is 0 Å². The summed E-state index contributed by atoms with van der Waals surface area (Å²) in [5, 5.41) is 0. The maximum absolute atomic E-state index is 1.59. The monoisotopic (exact) mass is 305 g/mol. The third-order valence-electron chi connectivity index (χ3n) is 5.84. The average Bonchev–Trinajstić information content (AvgIpc) is 2.52. The van der Waals surface area contributed by atoms with Crippen LogP contribution in [0.1, 0.15) is 116 Å². The summed E-state index contributed by atoms with van der Waals surface area (Å²) in [5.74, 6) is 0. The lowest BCUT2D eigenvalue weighted by Crippen LogP contribution is -2.13. The Hall–Kier alpha value is 0.532. The van der Waals surface area contributed by atoms with Crippen LogP contribution in [0, 0.1) is 0 Å². The van der Waals surface area contributed by atoms with Gasteiger partial charge in [0, 0.05) is 0 Å². The molecule has 0 bridgehead atoms. The van der Waals surface area contributed by atoms with Gasteiger partial charge in [0.05, 0.1) is 0 Å². The smallest absolute Gasteiger partial charge is 0.0929 e. The summed E-state index contributed by atoms with van der Waals surface area (Å²) in [5.41, 5.74) is 0. The van der Waals surface area contributed by atoms with Crippen LogP contribution in [0.4, 0.5) is 0 Å². The summed E-state index contributed by atoms with van der Waals surface area (Å²) in [7, 11) is 0. The molecule has 121 valence electrons. The Labute approximate surface area is 140 Å². The highest BCUT2D eigenvalue weighted by Gasteiger charge is 2.19. The van der Waals surface area contributed by atoms with Crippen molar-refractivity contribution in [3.63, 3.8) is 0 Å². The molecule has 2 saturated carbocycles. The average molecular weight is 306 g/mol. The molecule has 0 saturated heterocycles. The number of hydrogen-bond donors (Lipinski definition) is 0. The van der Waals surface area contributed by atoms with Crippen molar-refractivity contribution in [1.29, 1.82) is 0 Å². The van der Waals surface area contributed by atoms with E-state index in [9.17, 15) is 0 Å². The van der Waals surface area contributed by atoms with E-state index in [1.165, 1.54) is 64.2 Å². The highest BCUT2D eigenvalue weighted by molar-refractivity contribution is 6.39. The van der Waals surface area contributed by atoms with E-state index in [1.807, 2.05) is 0 Å². The zero-order valence-electron chi connectivity index (χ0n) is 14.5. The first-order chi connectivity index (χ1) is 10.4. The molecule has 2 rings (SSSR count). The topological polar surface area (TPSA) is 0 Å². The van der Waals surface area contributed by atoms with E-state index in [0.717, 1.165) is 24.8 Å². The van der Waals surface area contributed by atoms with Crippen molar-refractivity contribution in [1.82, 2.24) is 0 Å². The third kappa shape index (κ3) is 8.66. The van der Waals surface area contributed by atoms with Gasteiger partial charge in [-0.15, -0.1) is 0 Å². The van der Waals surface area contributed by atoms with Crippen LogP contribution < -0.4 is 0 Å². The van der Waals surface area contributed by atoms with Crippen molar-refractivity contribution in [3.8, 4) is 0 Å². The van der Waals surface area contributed by atoms with Gasteiger partial charge in [-0.1, -0.05) is 125 Å². The van der Waals surface area contributed by atoms with Gasteiger partial charge in [0.1, 0.15) is 0 Å². The van der Waals surface area contributed by atoms with Crippen LogP contribution >= 0.6 is 0 Å². The van der Waals surface area contributed by atoms with Gasteiger partial charge in [-0.3, -0.25) is 0 Å². The fourth-order valence-electron chi connectivity index (χ4n) is 4.45. The van der Waals surface area contributed by atoms with E-state index in [1.54, 1.807) is 51.4 Å². The lowest BCUT2D eigenvalue weighted by molar-refractivity contribution is 0.482. The molecule has 0 aliphatic heterocycles. The summed E-state index contributed by atoms with van der Waals surface area (Å²) >= 11 is 0.748. The minimum Gasteiger partial charge on any atom is -0.0929 e. The Balaban J connectivity index is 1.74. The Morgan fingerprint density at radius 3 is 0.857 bits per heavy atom. The highest BCUT2D eigenvalue weighted by Crippen LogP contribution is 2.33. The molecule has 1 heteroatoms. The van der Waals surface area contributed by atoms with Gasteiger partial charge >= 0.3 is 0 Å². The number of hydrogen-bond acceptors (Lipinski definition) is 0. The second-order valence-electron chi connectivity index (χ2n) is 7.82. The maximum atomic E-state index is 1.59. The Bertz CT molecular complexity index is 194. The molecule has 21 heavy (non-hydrogen) atoms. The largest absolute Gasteiger partial charge is 0.210 e. The third-order valence-corrected chi connectivity index (χ3v) is 8.27. The lowest BCUT2D eigenvalue weighted by atomic mass is 10.00. The molecule has 0 heterocycles. The summed E-state index contributed by atoms with van der Waals surface area (Å²) in [4.78, 5) is 0. The molecular formula is C20H38Al. The van der Waals surface area contributed by atoms with Gasteiger partial charge in [0.25, 0.3) is 0 Å². The molecule has 0 amide bonds. The minimum absolute atomic E-state index is 0.748. The first kappa shape index (κ1) is 17.9. The molecule has 0 aromatic heterocycles. The Morgan fingerprint density at radius 2 is 0.571 bits per heavy atom. The Morgan fingerprint density at radius 1 is 0.333 bits per heavy atom. The SMILES string of the molecule is C1CCCC[CH]([Al][CH]2CCCCCCCCC2)CCCC1. The molecule has 0 atom stereocenters. The van der Waals surface area contributed by atoms with Gasteiger partial charge in [-0.2, -0.15) is 0 Å². The first-order valence-electron chi connectivity index (χ1n) is 10.3. The van der Waals surface area contributed by atoms with Crippen LogP contribution in [0.3, 0.4) is 0 Å². The van der Waals surface area contributed by atoms with Gasteiger partial charge in [-0.25, -0.2) is 0 Å². The van der Waals surface area contributed by atoms with Crippen molar-refractivity contribution in [2.45, 2.75) is 125 Å². The Kier molecular flexibility index (Phi) is 10.2.